The lowest BCUT2D eigenvalue weighted by atomic mass is 9.85. The summed E-state index contributed by atoms with van der Waals surface area (Å²) in [6.07, 6.45) is 1.42. The Bertz CT molecular complexity index is 1270. The van der Waals surface area contributed by atoms with Crippen LogP contribution in [-0.4, -0.2) is 27.3 Å². The molecule has 4 aromatic rings. The molecule has 31 heavy (non-hydrogen) atoms. The molecular weight excluding hydrogens is 408 g/mol. The molecule has 7 heteroatoms. The summed E-state index contributed by atoms with van der Waals surface area (Å²) in [6.45, 7) is 6.73. The predicted octanol–water partition coefficient (Wildman–Crippen LogP) is 5.23. The summed E-state index contributed by atoms with van der Waals surface area (Å²) in [4.78, 5) is 17.4. The van der Waals surface area contributed by atoms with Crippen molar-refractivity contribution in [2.24, 2.45) is 0 Å². The number of carbonyl (C=O) groups is 1. The first kappa shape index (κ1) is 19.8. The van der Waals surface area contributed by atoms with E-state index in [4.69, 9.17) is 14.8 Å². The first-order chi connectivity index (χ1) is 15.1. The van der Waals surface area contributed by atoms with E-state index in [-0.39, 0.29) is 11.8 Å². The molecule has 2 aromatic heterocycles. The first-order valence-electron chi connectivity index (χ1n) is 10.6. The van der Waals surface area contributed by atoms with Gasteiger partial charge in [-0.3, -0.25) is 4.79 Å². The Labute approximate surface area is 184 Å². The van der Waals surface area contributed by atoms with E-state index < -0.39 is 0 Å². The van der Waals surface area contributed by atoms with Crippen LogP contribution in [0.3, 0.4) is 0 Å². The van der Waals surface area contributed by atoms with E-state index in [1.165, 1.54) is 16.9 Å². The molecule has 5 rings (SSSR count). The third kappa shape index (κ3) is 3.49. The lowest BCUT2D eigenvalue weighted by Gasteiger charge is -2.24. The molecule has 0 fully saturated rings. The Balaban J connectivity index is 1.59. The average molecular weight is 433 g/mol. The van der Waals surface area contributed by atoms with Gasteiger partial charge >= 0.3 is 0 Å². The van der Waals surface area contributed by atoms with Gasteiger partial charge in [0.15, 0.2) is 0 Å². The van der Waals surface area contributed by atoms with Crippen molar-refractivity contribution in [2.45, 2.75) is 39.5 Å². The van der Waals surface area contributed by atoms with Gasteiger partial charge in [-0.1, -0.05) is 42.5 Å². The van der Waals surface area contributed by atoms with Crippen molar-refractivity contribution in [3.05, 3.63) is 64.8 Å². The molecule has 1 aliphatic rings. The van der Waals surface area contributed by atoms with Gasteiger partial charge in [0.1, 0.15) is 11.6 Å². The normalized spacial score (nSPS) is 15.7. The highest BCUT2D eigenvalue weighted by atomic mass is 32.1. The minimum Gasteiger partial charge on any atom is -0.494 e. The molecule has 0 bridgehead atoms. The van der Waals surface area contributed by atoms with Crippen molar-refractivity contribution in [1.82, 2.24) is 14.8 Å². The number of aryl methyl sites for hydroxylation is 2. The number of aromatic nitrogens is 3. The fraction of sp³-hybridized carbons (Fsp3) is 0.292. The third-order valence-corrected chi connectivity index (χ3v) is 6.73. The Morgan fingerprint density at radius 1 is 1.19 bits per heavy atom. The molecule has 1 aliphatic heterocycles. The molecule has 3 heterocycles. The average Bonchev–Trinajstić information content (AvgIpc) is 3.34. The fourth-order valence-electron chi connectivity index (χ4n) is 4.20. The number of anilines is 1. The number of carbonyl (C=O) groups excluding carboxylic acids is 1. The van der Waals surface area contributed by atoms with Crippen molar-refractivity contribution in [2.75, 3.05) is 11.9 Å². The Kier molecular flexibility index (Phi) is 4.98. The lowest BCUT2D eigenvalue weighted by molar-refractivity contribution is -0.116. The van der Waals surface area contributed by atoms with Crippen molar-refractivity contribution in [3.63, 3.8) is 0 Å². The van der Waals surface area contributed by atoms with E-state index in [1.807, 2.05) is 32.0 Å². The standard InChI is InChI=1S/C24H24N4O2S/c1-4-15-6-8-16(9-7-15)18-13-21(29)26-23-22(18)14(3)27-28(23)24-25-19-11-10-17(30-5-2)12-20(19)31-24/h6-12,18H,4-5,13H2,1-3H3,(H,26,29). The highest BCUT2D eigenvalue weighted by molar-refractivity contribution is 7.20. The predicted molar refractivity (Wildman–Crippen MR) is 124 cm³/mol. The number of ether oxygens (including phenoxy) is 1. The van der Waals surface area contributed by atoms with Crippen LogP contribution in [0.5, 0.6) is 5.75 Å². The quantitative estimate of drug-likeness (QED) is 0.469. The molecule has 1 N–H and O–H groups in total. The van der Waals surface area contributed by atoms with Crippen LogP contribution in [0, 0.1) is 6.92 Å². The van der Waals surface area contributed by atoms with Crippen molar-refractivity contribution < 1.29 is 9.53 Å². The summed E-state index contributed by atoms with van der Waals surface area (Å²) in [5.41, 5.74) is 5.30. The van der Waals surface area contributed by atoms with Crippen LogP contribution >= 0.6 is 11.3 Å². The summed E-state index contributed by atoms with van der Waals surface area (Å²) in [6, 6.07) is 14.4. The zero-order valence-corrected chi connectivity index (χ0v) is 18.6. The Morgan fingerprint density at radius 2 is 2.00 bits per heavy atom. The molecule has 158 valence electrons. The van der Waals surface area contributed by atoms with Gasteiger partial charge in [0.2, 0.25) is 11.0 Å². The van der Waals surface area contributed by atoms with E-state index in [0.717, 1.165) is 50.2 Å². The minimum atomic E-state index is -0.0117. The van der Waals surface area contributed by atoms with Gasteiger partial charge in [-0.15, -0.1) is 0 Å². The first-order valence-corrected chi connectivity index (χ1v) is 11.4. The molecular formula is C24H24N4O2S. The van der Waals surface area contributed by atoms with Crippen LogP contribution in [0.25, 0.3) is 15.3 Å². The molecule has 1 unspecified atom stereocenters. The number of thiazole rings is 1. The number of hydrogen-bond donors (Lipinski definition) is 1. The maximum absolute atomic E-state index is 12.6. The van der Waals surface area contributed by atoms with Gasteiger partial charge in [0.05, 0.1) is 22.5 Å². The van der Waals surface area contributed by atoms with Gasteiger partial charge in [-0.2, -0.15) is 9.78 Å². The lowest BCUT2D eigenvalue weighted by Crippen LogP contribution is -2.24. The second-order valence-corrected chi connectivity index (χ2v) is 8.73. The van der Waals surface area contributed by atoms with Crippen molar-refractivity contribution >= 4 is 33.3 Å². The van der Waals surface area contributed by atoms with Crippen LogP contribution < -0.4 is 10.1 Å². The highest BCUT2D eigenvalue weighted by Gasteiger charge is 2.33. The van der Waals surface area contributed by atoms with E-state index in [1.54, 1.807) is 4.68 Å². The number of rotatable bonds is 5. The van der Waals surface area contributed by atoms with Crippen LogP contribution in [0.15, 0.2) is 42.5 Å². The maximum atomic E-state index is 12.6. The largest absolute Gasteiger partial charge is 0.494 e. The van der Waals surface area contributed by atoms with Gasteiger partial charge in [0, 0.05) is 17.9 Å². The molecule has 1 amide bonds. The van der Waals surface area contributed by atoms with Crippen LogP contribution in [0.1, 0.15) is 48.6 Å². The van der Waals surface area contributed by atoms with Gasteiger partial charge in [-0.25, -0.2) is 4.98 Å². The molecule has 0 aliphatic carbocycles. The van der Waals surface area contributed by atoms with Gasteiger partial charge in [0.25, 0.3) is 0 Å². The fourth-order valence-corrected chi connectivity index (χ4v) is 5.15. The number of benzene rings is 2. The molecule has 6 nitrogen and oxygen atoms in total. The third-order valence-electron chi connectivity index (χ3n) is 5.73. The smallest absolute Gasteiger partial charge is 0.226 e. The van der Waals surface area contributed by atoms with Gasteiger partial charge < -0.3 is 10.1 Å². The van der Waals surface area contributed by atoms with Gasteiger partial charge in [-0.05, 0) is 49.6 Å². The van der Waals surface area contributed by atoms with E-state index in [9.17, 15) is 4.79 Å². The summed E-state index contributed by atoms with van der Waals surface area (Å²) in [7, 11) is 0. The second-order valence-electron chi connectivity index (χ2n) is 7.72. The van der Waals surface area contributed by atoms with E-state index in [0.29, 0.717) is 13.0 Å². The van der Waals surface area contributed by atoms with E-state index in [2.05, 4.69) is 36.5 Å². The van der Waals surface area contributed by atoms with Crippen LogP contribution in [-0.2, 0) is 11.2 Å². The van der Waals surface area contributed by atoms with E-state index >= 15 is 0 Å². The molecule has 0 spiro atoms. The summed E-state index contributed by atoms with van der Waals surface area (Å²) < 4.78 is 8.42. The summed E-state index contributed by atoms with van der Waals surface area (Å²) in [5, 5.41) is 8.56. The second kappa shape index (κ2) is 7.81. The van der Waals surface area contributed by atoms with Crippen molar-refractivity contribution in [1.29, 1.82) is 0 Å². The highest BCUT2D eigenvalue weighted by Crippen LogP contribution is 2.41. The maximum Gasteiger partial charge on any atom is 0.226 e. The number of nitrogens with zero attached hydrogens (tertiary/aromatic N) is 3. The van der Waals surface area contributed by atoms with Crippen molar-refractivity contribution in [3.8, 4) is 10.9 Å². The Morgan fingerprint density at radius 3 is 2.74 bits per heavy atom. The topological polar surface area (TPSA) is 69.0 Å². The van der Waals surface area contributed by atoms with Crippen LogP contribution in [0.2, 0.25) is 0 Å². The number of nitrogens with one attached hydrogen (secondary N) is 1. The summed E-state index contributed by atoms with van der Waals surface area (Å²) >= 11 is 1.54. The summed E-state index contributed by atoms with van der Waals surface area (Å²) in [5.74, 6) is 1.54. The number of amides is 1. The molecule has 0 saturated heterocycles. The minimum absolute atomic E-state index is 0.00189. The monoisotopic (exact) mass is 432 g/mol. The molecule has 1 atom stereocenters. The number of hydrogen-bond acceptors (Lipinski definition) is 5. The van der Waals surface area contributed by atoms with Crippen LogP contribution in [0.4, 0.5) is 5.82 Å². The molecule has 2 aromatic carbocycles. The zero-order valence-electron chi connectivity index (χ0n) is 17.8. The molecule has 0 saturated carbocycles. The zero-order chi connectivity index (χ0) is 21.5. The SMILES string of the molecule is CCOc1ccc2nc(-n3nc(C)c4c3NC(=O)CC4c3ccc(CC)cc3)sc2c1. The number of fused-ring (bicyclic) bond motifs is 2. The Hall–Kier alpha value is -3.19. The molecule has 0 radical (unpaired) electrons.